The molecule has 0 bridgehead atoms. The molecule has 1 spiro atoms. The molecule has 25 heavy (non-hydrogen) atoms. The second-order valence-corrected chi connectivity index (χ2v) is 8.18. The number of piperidine rings is 1. The molecule has 3 aliphatic rings. The number of nitrogens with one attached hydrogen (secondary N) is 1. The lowest BCUT2D eigenvalue weighted by atomic mass is 9.46. The fraction of sp³-hybridized carbons (Fsp3) is 0.400. The van der Waals surface area contributed by atoms with E-state index in [1.54, 1.807) is 6.20 Å². The van der Waals surface area contributed by atoms with Crippen molar-refractivity contribution in [3.8, 4) is 0 Å². The number of halogens is 1. The zero-order chi connectivity index (χ0) is 17.2. The predicted molar refractivity (Wildman–Crippen MR) is 98.0 cm³/mol. The molecule has 0 radical (unpaired) electrons. The lowest BCUT2D eigenvalue weighted by Gasteiger charge is -2.63. The maximum atomic E-state index is 12.8. The molecule has 3 heterocycles. The summed E-state index contributed by atoms with van der Waals surface area (Å²) >= 11 is 6.18. The number of anilines is 1. The molecule has 128 valence electrons. The van der Waals surface area contributed by atoms with Crippen LogP contribution in [0.3, 0.4) is 0 Å². The number of carbonyl (C=O) groups is 1. The van der Waals surface area contributed by atoms with Crippen LogP contribution < -0.4 is 5.32 Å². The molecule has 1 saturated heterocycles. The molecule has 3 atom stereocenters. The molecule has 5 heteroatoms. The summed E-state index contributed by atoms with van der Waals surface area (Å²) in [6, 6.07) is 11.6. The SMILES string of the molecule is C[C@]12C[C@@H]3CN(C(=O)c4ccccc4)CC[C@@]31Nc1ncc(Cl)cc12. The normalized spacial score (nSPS) is 32.1. The first-order valence-electron chi connectivity index (χ1n) is 8.82. The van der Waals surface area contributed by atoms with Crippen molar-refractivity contribution in [2.45, 2.75) is 30.7 Å². The second-order valence-electron chi connectivity index (χ2n) is 7.75. The van der Waals surface area contributed by atoms with Gasteiger partial charge in [0.1, 0.15) is 5.82 Å². The Labute approximate surface area is 152 Å². The Bertz CT molecular complexity index is 870. The van der Waals surface area contributed by atoms with Crippen LogP contribution >= 0.6 is 11.6 Å². The standard InChI is InChI=1S/C20H20ClN3O/c1-19-10-14-12-24(18(25)13-5-3-2-4-6-13)8-7-20(14,19)23-17-16(19)9-15(21)11-22-17/h2-6,9,11,14H,7-8,10,12H2,1H3,(H,22,23)/t14-,19-,20-/m1/s1. The number of hydrogen-bond acceptors (Lipinski definition) is 3. The van der Waals surface area contributed by atoms with E-state index in [2.05, 4.69) is 23.3 Å². The van der Waals surface area contributed by atoms with Crippen molar-refractivity contribution in [3.05, 3.63) is 58.7 Å². The van der Waals surface area contributed by atoms with Gasteiger partial charge in [-0.15, -0.1) is 0 Å². The Morgan fingerprint density at radius 2 is 2.16 bits per heavy atom. The summed E-state index contributed by atoms with van der Waals surface area (Å²) in [5, 5.41) is 4.40. The van der Waals surface area contributed by atoms with E-state index < -0.39 is 0 Å². The third-order valence-electron chi connectivity index (χ3n) is 6.65. The first-order valence-corrected chi connectivity index (χ1v) is 9.20. The minimum Gasteiger partial charge on any atom is -0.363 e. The summed E-state index contributed by atoms with van der Waals surface area (Å²) < 4.78 is 0. The molecule has 1 aromatic heterocycles. The highest BCUT2D eigenvalue weighted by Crippen LogP contribution is 2.65. The van der Waals surface area contributed by atoms with Gasteiger partial charge in [-0.1, -0.05) is 36.7 Å². The van der Waals surface area contributed by atoms with Crippen LogP contribution in [0.5, 0.6) is 0 Å². The number of rotatable bonds is 1. The summed E-state index contributed by atoms with van der Waals surface area (Å²) in [5.74, 6) is 1.56. The van der Waals surface area contributed by atoms with Crippen LogP contribution in [-0.4, -0.2) is 34.4 Å². The summed E-state index contributed by atoms with van der Waals surface area (Å²) in [5.41, 5.74) is 2.09. The van der Waals surface area contributed by atoms with Crippen molar-refractivity contribution in [2.75, 3.05) is 18.4 Å². The van der Waals surface area contributed by atoms with Crippen LogP contribution in [0.1, 0.15) is 35.7 Å². The fourth-order valence-electron chi connectivity index (χ4n) is 5.31. The third-order valence-corrected chi connectivity index (χ3v) is 6.86. The highest BCUT2D eigenvalue weighted by Gasteiger charge is 2.69. The third kappa shape index (κ3) is 1.89. The van der Waals surface area contributed by atoms with Crippen LogP contribution in [0.4, 0.5) is 5.82 Å². The van der Waals surface area contributed by atoms with Gasteiger partial charge in [0.15, 0.2) is 0 Å². The Kier molecular flexibility index (Phi) is 3.03. The van der Waals surface area contributed by atoms with E-state index in [1.165, 1.54) is 5.56 Å². The molecule has 1 amide bonds. The second kappa shape index (κ2) is 4.98. The van der Waals surface area contributed by atoms with Gasteiger partial charge >= 0.3 is 0 Å². The van der Waals surface area contributed by atoms with Gasteiger partial charge in [0.2, 0.25) is 0 Å². The van der Waals surface area contributed by atoms with Crippen LogP contribution in [0.15, 0.2) is 42.6 Å². The number of benzene rings is 1. The number of pyridine rings is 1. The first-order chi connectivity index (χ1) is 12.0. The molecule has 1 saturated carbocycles. The first kappa shape index (κ1) is 15.2. The molecule has 0 unspecified atom stereocenters. The van der Waals surface area contributed by atoms with E-state index in [0.29, 0.717) is 10.9 Å². The zero-order valence-electron chi connectivity index (χ0n) is 14.1. The van der Waals surface area contributed by atoms with Crippen molar-refractivity contribution in [2.24, 2.45) is 5.92 Å². The van der Waals surface area contributed by atoms with Gasteiger partial charge < -0.3 is 10.2 Å². The number of carbonyl (C=O) groups excluding carboxylic acids is 1. The van der Waals surface area contributed by atoms with E-state index in [-0.39, 0.29) is 16.9 Å². The van der Waals surface area contributed by atoms with E-state index in [9.17, 15) is 4.79 Å². The molecule has 2 aliphatic heterocycles. The quantitative estimate of drug-likeness (QED) is 0.849. The van der Waals surface area contributed by atoms with Gasteiger partial charge in [0, 0.05) is 41.7 Å². The zero-order valence-corrected chi connectivity index (χ0v) is 14.9. The molecular weight excluding hydrogens is 334 g/mol. The van der Waals surface area contributed by atoms with Gasteiger partial charge in [-0.2, -0.15) is 0 Å². The molecule has 5 rings (SSSR count). The van der Waals surface area contributed by atoms with Gasteiger partial charge in [-0.25, -0.2) is 4.98 Å². The average molecular weight is 354 g/mol. The average Bonchev–Trinajstić information content (AvgIpc) is 2.79. The number of aromatic nitrogens is 1. The van der Waals surface area contributed by atoms with Gasteiger partial charge in [-0.3, -0.25) is 4.79 Å². The topological polar surface area (TPSA) is 45.2 Å². The highest BCUT2D eigenvalue weighted by molar-refractivity contribution is 6.30. The Morgan fingerprint density at radius 1 is 1.36 bits per heavy atom. The van der Waals surface area contributed by atoms with Crippen molar-refractivity contribution in [1.29, 1.82) is 0 Å². The minimum absolute atomic E-state index is 0.0144. The van der Waals surface area contributed by atoms with Crippen molar-refractivity contribution in [3.63, 3.8) is 0 Å². The van der Waals surface area contributed by atoms with Crippen LogP contribution in [0.2, 0.25) is 5.02 Å². The largest absolute Gasteiger partial charge is 0.363 e. The number of likely N-dealkylation sites (tertiary alicyclic amines) is 1. The number of fused-ring (bicyclic) bond motifs is 2. The predicted octanol–water partition coefficient (Wildman–Crippen LogP) is 3.72. The Balaban J connectivity index is 1.41. The van der Waals surface area contributed by atoms with E-state index >= 15 is 0 Å². The van der Waals surface area contributed by atoms with E-state index in [1.807, 2.05) is 35.2 Å². The van der Waals surface area contributed by atoms with Crippen molar-refractivity contribution < 1.29 is 4.79 Å². The van der Waals surface area contributed by atoms with Gasteiger partial charge in [0.25, 0.3) is 5.91 Å². The number of hydrogen-bond donors (Lipinski definition) is 1. The molecule has 2 fully saturated rings. The van der Waals surface area contributed by atoms with Crippen LogP contribution in [-0.2, 0) is 5.41 Å². The van der Waals surface area contributed by atoms with E-state index in [0.717, 1.165) is 37.3 Å². The molecule has 2 aromatic rings. The number of nitrogens with zero attached hydrogens (tertiary/aromatic N) is 2. The van der Waals surface area contributed by atoms with E-state index in [4.69, 9.17) is 11.6 Å². The summed E-state index contributed by atoms with van der Waals surface area (Å²) in [7, 11) is 0. The smallest absolute Gasteiger partial charge is 0.253 e. The summed E-state index contributed by atoms with van der Waals surface area (Å²) in [6.45, 7) is 3.89. The summed E-state index contributed by atoms with van der Waals surface area (Å²) in [6.07, 6.45) is 3.72. The fourth-order valence-corrected chi connectivity index (χ4v) is 5.47. The monoisotopic (exact) mass is 353 g/mol. The Morgan fingerprint density at radius 3 is 2.92 bits per heavy atom. The lowest BCUT2D eigenvalue weighted by molar-refractivity contribution is -0.0271. The molecule has 1 aliphatic carbocycles. The molecule has 4 nitrogen and oxygen atoms in total. The molecule has 1 N–H and O–H groups in total. The summed E-state index contributed by atoms with van der Waals surface area (Å²) in [4.78, 5) is 19.3. The number of amides is 1. The molecule has 1 aromatic carbocycles. The minimum atomic E-state index is 0.0144. The van der Waals surface area contributed by atoms with Crippen molar-refractivity contribution >= 4 is 23.3 Å². The molecular formula is C20H20ClN3O. The lowest BCUT2D eigenvalue weighted by Crippen LogP contribution is -2.72. The van der Waals surface area contributed by atoms with Crippen LogP contribution in [0.25, 0.3) is 0 Å². The maximum Gasteiger partial charge on any atom is 0.253 e. The van der Waals surface area contributed by atoms with Crippen molar-refractivity contribution in [1.82, 2.24) is 9.88 Å². The maximum absolute atomic E-state index is 12.8. The Hall–Kier alpha value is -2.07. The van der Waals surface area contributed by atoms with Crippen LogP contribution in [0, 0.1) is 5.92 Å². The van der Waals surface area contributed by atoms with Gasteiger partial charge in [-0.05, 0) is 31.0 Å². The highest BCUT2D eigenvalue weighted by atomic mass is 35.5. The van der Waals surface area contributed by atoms with Gasteiger partial charge in [0.05, 0.1) is 10.6 Å².